The standard InChI is InChI=1S/C25H27N3O2S/c1-2-18-17-28-15-13-19(18)16-24(28)25(27-31(29,30)20-8-4-3-5-9-20)22-12-14-26-23-11-7-6-10-21(22)23/h2-12,14,18-19,24-25,27H,1,13,15-17H2/t18?,19?,24?,25-/m0/s1. The topological polar surface area (TPSA) is 62.3 Å². The summed E-state index contributed by atoms with van der Waals surface area (Å²) >= 11 is 0. The Morgan fingerprint density at radius 3 is 2.61 bits per heavy atom. The fourth-order valence-electron chi connectivity index (χ4n) is 5.30. The normalized spacial score (nSPS) is 26.6. The predicted molar refractivity (Wildman–Crippen MR) is 123 cm³/mol. The van der Waals surface area contributed by atoms with E-state index in [2.05, 4.69) is 27.3 Å². The number of benzene rings is 2. The molecule has 0 saturated carbocycles. The van der Waals surface area contributed by atoms with Gasteiger partial charge in [0.1, 0.15) is 0 Å². The van der Waals surface area contributed by atoms with Crippen molar-refractivity contribution >= 4 is 20.9 Å². The Balaban J connectivity index is 1.59. The van der Waals surface area contributed by atoms with E-state index in [4.69, 9.17) is 0 Å². The molecule has 5 atom stereocenters. The van der Waals surface area contributed by atoms with Crippen LogP contribution in [0.5, 0.6) is 0 Å². The Morgan fingerprint density at radius 2 is 1.87 bits per heavy atom. The Hall–Kier alpha value is -2.54. The average molecular weight is 434 g/mol. The SMILES string of the molecule is C=CC1CN2CCC1CC2[C@@H](NS(=O)(=O)c1ccccc1)c1ccnc2ccccc12. The van der Waals surface area contributed by atoms with Crippen molar-refractivity contribution in [3.8, 4) is 0 Å². The number of rotatable bonds is 6. The lowest BCUT2D eigenvalue weighted by molar-refractivity contribution is 0.00490. The lowest BCUT2D eigenvalue weighted by Gasteiger charge is -2.51. The Kier molecular flexibility index (Phi) is 5.38. The Bertz CT molecular complexity index is 1190. The number of pyridine rings is 1. The molecule has 4 unspecified atom stereocenters. The van der Waals surface area contributed by atoms with Gasteiger partial charge in [-0.2, -0.15) is 0 Å². The summed E-state index contributed by atoms with van der Waals surface area (Å²) < 4.78 is 29.8. The summed E-state index contributed by atoms with van der Waals surface area (Å²) in [6.45, 7) is 5.95. The van der Waals surface area contributed by atoms with Gasteiger partial charge in [0, 0.05) is 24.2 Å². The van der Waals surface area contributed by atoms with Crippen LogP contribution >= 0.6 is 0 Å². The van der Waals surface area contributed by atoms with Gasteiger partial charge in [0.05, 0.1) is 16.5 Å². The van der Waals surface area contributed by atoms with E-state index < -0.39 is 10.0 Å². The molecule has 3 aliphatic heterocycles. The molecule has 2 bridgehead atoms. The molecule has 3 saturated heterocycles. The summed E-state index contributed by atoms with van der Waals surface area (Å²) in [7, 11) is -3.68. The minimum Gasteiger partial charge on any atom is -0.298 e. The Labute approximate surface area is 183 Å². The maximum atomic E-state index is 13.4. The number of hydrogen-bond acceptors (Lipinski definition) is 4. The number of nitrogens with zero attached hydrogens (tertiary/aromatic N) is 2. The molecule has 1 aromatic heterocycles. The number of nitrogens with one attached hydrogen (secondary N) is 1. The third-order valence-corrected chi connectivity index (χ3v) is 8.35. The lowest BCUT2D eigenvalue weighted by Crippen LogP contribution is -2.57. The molecule has 0 aliphatic carbocycles. The van der Waals surface area contributed by atoms with Gasteiger partial charge in [0.15, 0.2) is 0 Å². The van der Waals surface area contributed by atoms with Gasteiger partial charge < -0.3 is 0 Å². The van der Waals surface area contributed by atoms with Crippen molar-refractivity contribution in [2.75, 3.05) is 13.1 Å². The van der Waals surface area contributed by atoms with E-state index in [1.54, 1.807) is 30.5 Å². The highest BCUT2D eigenvalue weighted by Crippen LogP contribution is 2.42. The van der Waals surface area contributed by atoms with Crippen molar-refractivity contribution in [3.63, 3.8) is 0 Å². The maximum absolute atomic E-state index is 13.4. The van der Waals surface area contributed by atoms with Gasteiger partial charge in [0.2, 0.25) is 10.0 Å². The molecule has 0 amide bonds. The van der Waals surface area contributed by atoms with Crippen LogP contribution in [0.4, 0.5) is 0 Å². The number of fused-ring (bicyclic) bond motifs is 4. The van der Waals surface area contributed by atoms with Crippen LogP contribution in [0, 0.1) is 11.8 Å². The largest absolute Gasteiger partial charge is 0.298 e. The highest BCUT2D eigenvalue weighted by atomic mass is 32.2. The quantitative estimate of drug-likeness (QED) is 0.593. The van der Waals surface area contributed by atoms with E-state index in [-0.39, 0.29) is 12.1 Å². The van der Waals surface area contributed by atoms with Crippen LogP contribution in [0.15, 0.2) is 84.4 Å². The molecule has 6 rings (SSSR count). The highest BCUT2D eigenvalue weighted by molar-refractivity contribution is 7.89. The molecule has 0 radical (unpaired) electrons. The van der Waals surface area contributed by atoms with Crippen LogP contribution in [0.2, 0.25) is 0 Å². The first-order chi connectivity index (χ1) is 15.1. The molecule has 3 aromatic rings. The van der Waals surface area contributed by atoms with Crippen LogP contribution in [0.25, 0.3) is 10.9 Å². The van der Waals surface area contributed by atoms with Gasteiger partial charge in [-0.3, -0.25) is 9.88 Å². The fourth-order valence-corrected chi connectivity index (χ4v) is 6.57. The maximum Gasteiger partial charge on any atom is 0.241 e. The summed E-state index contributed by atoms with van der Waals surface area (Å²) in [5.74, 6) is 1.02. The molecule has 1 N–H and O–H groups in total. The molecule has 3 aliphatic rings. The first-order valence-electron chi connectivity index (χ1n) is 10.8. The minimum atomic E-state index is -3.68. The van der Waals surface area contributed by atoms with Crippen molar-refractivity contribution in [2.45, 2.75) is 29.8 Å². The van der Waals surface area contributed by atoms with Crippen LogP contribution in [-0.2, 0) is 10.0 Å². The van der Waals surface area contributed by atoms with Crippen molar-refractivity contribution < 1.29 is 8.42 Å². The highest BCUT2D eigenvalue weighted by Gasteiger charge is 2.44. The van der Waals surface area contributed by atoms with Gasteiger partial charge in [0.25, 0.3) is 0 Å². The van der Waals surface area contributed by atoms with E-state index in [1.807, 2.05) is 36.4 Å². The summed E-state index contributed by atoms with van der Waals surface area (Å²) in [6, 6.07) is 18.3. The van der Waals surface area contributed by atoms with Crippen molar-refractivity contribution in [3.05, 3.63) is 85.1 Å². The lowest BCUT2D eigenvalue weighted by atomic mass is 9.73. The summed E-state index contributed by atoms with van der Waals surface area (Å²) in [6.07, 6.45) is 5.94. The first kappa shape index (κ1) is 20.4. The first-order valence-corrected chi connectivity index (χ1v) is 12.3. The average Bonchev–Trinajstić information content (AvgIpc) is 2.83. The minimum absolute atomic E-state index is 0.0965. The molecule has 31 heavy (non-hydrogen) atoms. The summed E-state index contributed by atoms with van der Waals surface area (Å²) in [5.41, 5.74) is 1.86. The summed E-state index contributed by atoms with van der Waals surface area (Å²) in [4.78, 5) is 7.23. The number of para-hydroxylation sites is 1. The van der Waals surface area contributed by atoms with Crippen LogP contribution < -0.4 is 4.72 Å². The predicted octanol–water partition coefficient (Wildman–Crippen LogP) is 4.15. The molecule has 160 valence electrons. The molecule has 0 spiro atoms. The molecule has 4 heterocycles. The van der Waals surface area contributed by atoms with Gasteiger partial charge in [-0.1, -0.05) is 42.5 Å². The molecule has 6 heteroatoms. The van der Waals surface area contributed by atoms with Crippen molar-refractivity contribution in [1.29, 1.82) is 0 Å². The number of hydrogen-bond donors (Lipinski definition) is 1. The van der Waals surface area contributed by atoms with Gasteiger partial charge in [-0.15, -0.1) is 6.58 Å². The third-order valence-electron chi connectivity index (χ3n) is 6.89. The third kappa shape index (κ3) is 3.80. The van der Waals surface area contributed by atoms with Gasteiger partial charge in [-0.25, -0.2) is 13.1 Å². The zero-order valence-corrected chi connectivity index (χ0v) is 18.2. The number of sulfonamides is 1. The van der Waals surface area contributed by atoms with E-state index in [1.165, 1.54) is 0 Å². The second-order valence-corrected chi connectivity index (χ2v) is 10.3. The summed E-state index contributed by atoms with van der Waals surface area (Å²) in [5, 5.41) is 0.994. The van der Waals surface area contributed by atoms with E-state index >= 15 is 0 Å². The van der Waals surface area contributed by atoms with Crippen LogP contribution in [-0.4, -0.2) is 37.4 Å². The molecular formula is C25H27N3O2S. The zero-order chi connectivity index (χ0) is 21.4. The second-order valence-electron chi connectivity index (χ2n) is 8.58. The molecule has 3 fully saturated rings. The van der Waals surface area contributed by atoms with E-state index in [0.717, 1.165) is 42.4 Å². The fraction of sp³-hybridized carbons (Fsp3) is 0.320. The van der Waals surface area contributed by atoms with Gasteiger partial charge in [-0.05, 0) is 61.1 Å². The number of piperidine rings is 3. The van der Waals surface area contributed by atoms with Crippen LogP contribution in [0.1, 0.15) is 24.4 Å². The number of aromatic nitrogens is 1. The second kappa shape index (κ2) is 8.19. The Morgan fingerprint density at radius 1 is 1.10 bits per heavy atom. The van der Waals surface area contributed by atoms with Crippen LogP contribution in [0.3, 0.4) is 0 Å². The monoisotopic (exact) mass is 433 g/mol. The molecule has 5 nitrogen and oxygen atoms in total. The molecular weight excluding hydrogens is 406 g/mol. The van der Waals surface area contributed by atoms with E-state index in [9.17, 15) is 8.42 Å². The molecule has 2 aromatic carbocycles. The van der Waals surface area contributed by atoms with Crippen molar-refractivity contribution in [1.82, 2.24) is 14.6 Å². The van der Waals surface area contributed by atoms with E-state index in [0.29, 0.717) is 16.7 Å². The van der Waals surface area contributed by atoms with Crippen molar-refractivity contribution in [2.24, 2.45) is 11.8 Å². The zero-order valence-electron chi connectivity index (χ0n) is 17.4. The smallest absolute Gasteiger partial charge is 0.241 e. The van der Waals surface area contributed by atoms with Gasteiger partial charge >= 0.3 is 0 Å².